The van der Waals surface area contributed by atoms with E-state index in [0.717, 1.165) is 35.5 Å². The Balaban J connectivity index is 1.30. The van der Waals surface area contributed by atoms with Gasteiger partial charge in [0.15, 0.2) is 5.78 Å². The number of imidazole rings is 1. The van der Waals surface area contributed by atoms with Crippen molar-refractivity contribution in [3.8, 4) is 5.69 Å². The van der Waals surface area contributed by atoms with Crippen LogP contribution < -0.4 is 4.90 Å². The molecular weight excluding hydrogens is 424 g/mol. The Morgan fingerprint density at radius 1 is 0.824 bits per heavy atom. The van der Waals surface area contributed by atoms with Gasteiger partial charge in [-0.25, -0.2) is 4.98 Å². The molecular formula is C28H28N4O2. The lowest BCUT2D eigenvalue weighted by atomic mass is 10.1. The van der Waals surface area contributed by atoms with Crippen molar-refractivity contribution in [2.45, 2.75) is 20.8 Å². The highest BCUT2D eigenvalue weighted by atomic mass is 16.2. The number of aryl methyl sites for hydroxylation is 2. The molecule has 1 aliphatic rings. The molecule has 1 fully saturated rings. The Morgan fingerprint density at radius 2 is 1.53 bits per heavy atom. The number of ketones is 1. The van der Waals surface area contributed by atoms with Crippen molar-refractivity contribution in [2.75, 3.05) is 31.1 Å². The van der Waals surface area contributed by atoms with E-state index in [9.17, 15) is 9.59 Å². The Bertz CT molecular complexity index is 1380. The largest absolute Gasteiger partial charge is 0.368 e. The fraction of sp³-hybridized carbons (Fsp3) is 0.250. The number of rotatable bonds is 4. The summed E-state index contributed by atoms with van der Waals surface area (Å²) in [5.41, 5.74) is 7.78. The quantitative estimate of drug-likeness (QED) is 0.417. The number of aromatic nitrogens is 2. The van der Waals surface area contributed by atoms with E-state index in [1.54, 1.807) is 6.92 Å². The molecule has 1 aromatic heterocycles. The van der Waals surface area contributed by atoms with Crippen molar-refractivity contribution in [3.63, 3.8) is 0 Å². The summed E-state index contributed by atoms with van der Waals surface area (Å²) in [7, 11) is 0. The van der Waals surface area contributed by atoms with E-state index in [-0.39, 0.29) is 11.7 Å². The molecule has 0 bridgehead atoms. The Morgan fingerprint density at radius 3 is 2.21 bits per heavy atom. The number of hydrogen-bond acceptors (Lipinski definition) is 4. The molecule has 1 aliphatic heterocycles. The van der Waals surface area contributed by atoms with Crippen LogP contribution in [0.4, 0.5) is 5.69 Å². The number of piperazine rings is 1. The van der Waals surface area contributed by atoms with Crippen molar-refractivity contribution in [1.29, 1.82) is 0 Å². The van der Waals surface area contributed by atoms with Gasteiger partial charge >= 0.3 is 0 Å². The van der Waals surface area contributed by atoms with Crippen molar-refractivity contribution in [3.05, 3.63) is 89.2 Å². The maximum Gasteiger partial charge on any atom is 0.254 e. The predicted molar refractivity (Wildman–Crippen MR) is 135 cm³/mol. The van der Waals surface area contributed by atoms with Gasteiger partial charge < -0.3 is 9.80 Å². The average molecular weight is 453 g/mol. The zero-order valence-electron chi connectivity index (χ0n) is 19.8. The molecule has 6 nitrogen and oxygen atoms in total. The number of carbonyl (C=O) groups is 2. The van der Waals surface area contributed by atoms with E-state index < -0.39 is 0 Å². The van der Waals surface area contributed by atoms with Crippen molar-refractivity contribution < 1.29 is 9.59 Å². The second-order valence-electron chi connectivity index (χ2n) is 8.99. The molecule has 0 N–H and O–H groups in total. The van der Waals surface area contributed by atoms with E-state index >= 15 is 0 Å². The van der Waals surface area contributed by atoms with Gasteiger partial charge in [0.05, 0.1) is 16.7 Å². The van der Waals surface area contributed by atoms with Gasteiger partial charge in [0.1, 0.15) is 6.33 Å². The third kappa shape index (κ3) is 4.07. The monoisotopic (exact) mass is 452 g/mol. The summed E-state index contributed by atoms with van der Waals surface area (Å²) in [6, 6.07) is 19.8. The van der Waals surface area contributed by atoms with Crippen molar-refractivity contribution in [2.24, 2.45) is 0 Å². The van der Waals surface area contributed by atoms with Gasteiger partial charge in [0, 0.05) is 43.0 Å². The summed E-state index contributed by atoms with van der Waals surface area (Å²) in [6.07, 6.45) is 1.83. The molecule has 6 heteroatoms. The summed E-state index contributed by atoms with van der Waals surface area (Å²) < 4.78 is 2.08. The number of carbonyl (C=O) groups excluding carboxylic acids is 2. The molecule has 0 aliphatic carbocycles. The highest BCUT2D eigenvalue weighted by Gasteiger charge is 2.23. The molecule has 2 heterocycles. The first-order valence-corrected chi connectivity index (χ1v) is 11.6. The minimum atomic E-state index is 0.0366. The van der Waals surface area contributed by atoms with Crippen molar-refractivity contribution in [1.82, 2.24) is 14.5 Å². The molecule has 0 radical (unpaired) electrons. The van der Waals surface area contributed by atoms with Crippen LogP contribution in [0.2, 0.25) is 0 Å². The zero-order valence-corrected chi connectivity index (χ0v) is 19.8. The highest BCUT2D eigenvalue weighted by molar-refractivity contribution is 5.98. The first-order chi connectivity index (χ1) is 16.4. The van der Waals surface area contributed by atoms with Crippen LogP contribution in [0.15, 0.2) is 67.0 Å². The molecule has 0 unspecified atom stereocenters. The normalized spacial score (nSPS) is 14.0. The van der Waals surface area contributed by atoms with E-state index in [2.05, 4.69) is 46.5 Å². The van der Waals surface area contributed by atoms with Crippen LogP contribution in [0, 0.1) is 13.8 Å². The summed E-state index contributed by atoms with van der Waals surface area (Å²) in [6.45, 7) is 8.59. The third-order valence-electron chi connectivity index (χ3n) is 6.61. The lowest BCUT2D eigenvalue weighted by Crippen LogP contribution is -2.48. The summed E-state index contributed by atoms with van der Waals surface area (Å²) in [4.78, 5) is 33.5. The molecule has 4 aromatic rings. The van der Waals surface area contributed by atoms with Crippen molar-refractivity contribution >= 4 is 28.4 Å². The maximum atomic E-state index is 13.2. The fourth-order valence-corrected chi connectivity index (χ4v) is 4.67. The molecule has 0 saturated carbocycles. The first-order valence-electron chi connectivity index (χ1n) is 11.6. The summed E-state index contributed by atoms with van der Waals surface area (Å²) in [5.74, 6) is 0.104. The predicted octanol–water partition coefficient (Wildman–Crippen LogP) is 4.81. The molecule has 5 rings (SSSR count). The van der Waals surface area contributed by atoms with Gasteiger partial charge in [-0.05, 0) is 74.9 Å². The van der Waals surface area contributed by atoms with Crippen LogP contribution in [0.25, 0.3) is 16.7 Å². The topological polar surface area (TPSA) is 58.4 Å². The minimum Gasteiger partial charge on any atom is -0.368 e. The minimum absolute atomic E-state index is 0.0366. The van der Waals surface area contributed by atoms with Gasteiger partial charge in [-0.15, -0.1) is 0 Å². The number of amides is 1. The molecule has 0 atom stereocenters. The second-order valence-corrected chi connectivity index (χ2v) is 8.99. The molecule has 1 saturated heterocycles. The van der Waals surface area contributed by atoms with Crippen LogP contribution in [-0.2, 0) is 0 Å². The van der Waals surface area contributed by atoms with E-state index in [4.69, 9.17) is 0 Å². The van der Waals surface area contributed by atoms with Crippen LogP contribution in [0.3, 0.4) is 0 Å². The first kappa shape index (κ1) is 21.9. The summed E-state index contributed by atoms with van der Waals surface area (Å²) in [5, 5.41) is 0. The van der Waals surface area contributed by atoms with Gasteiger partial charge in [0.2, 0.25) is 0 Å². The van der Waals surface area contributed by atoms with E-state index in [1.165, 1.54) is 11.1 Å². The van der Waals surface area contributed by atoms with Crippen LogP contribution in [0.5, 0.6) is 0 Å². The third-order valence-corrected chi connectivity index (χ3v) is 6.61. The molecule has 34 heavy (non-hydrogen) atoms. The lowest BCUT2D eigenvalue weighted by Gasteiger charge is -2.36. The Hall–Kier alpha value is -3.93. The molecule has 172 valence electrons. The lowest BCUT2D eigenvalue weighted by molar-refractivity contribution is 0.0746. The van der Waals surface area contributed by atoms with E-state index in [1.807, 2.05) is 53.7 Å². The van der Waals surface area contributed by atoms with E-state index in [0.29, 0.717) is 24.2 Å². The van der Waals surface area contributed by atoms with Crippen LogP contribution in [-0.4, -0.2) is 52.3 Å². The number of hydrogen-bond donors (Lipinski definition) is 0. The average Bonchev–Trinajstić information content (AvgIpc) is 3.27. The number of nitrogens with zero attached hydrogens (tertiary/aromatic N) is 4. The van der Waals surface area contributed by atoms with Gasteiger partial charge in [-0.1, -0.05) is 17.7 Å². The van der Waals surface area contributed by atoms with Gasteiger partial charge in [0.25, 0.3) is 5.91 Å². The van der Waals surface area contributed by atoms with Crippen LogP contribution >= 0.6 is 0 Å². The number of benzene rings is 3. The molecule has 1 amide bonds. The Kier molecular flexibility index (Phi) is 5.65. The van der Waals surface area contributed by atoms with Gasteiger partial charge in [-0.2, -0.15) is 0 Å². The number of fused-ring (bicyclic) bond motifs is 1. The highest BCUT2D eigenvalue weighted by Crippen LogP contribution is 2.24. The zero-order chi connectivity index (χ0) is 23.8. The van der Waals surface area contributed by atoms with Crippen LogP contribution in [0.1, 0.15) is 38.8 Å². The Labute approximate surface area is 199 Å². The molecule has 3 aromatic carbocycles. The number of Topliss-reactive ketones (excluding diaryl/α,β-unsaturated/α-hetero) is 1. The van der Waals surface area contributed by atoms with Gasteiger partial charge in [-0.3, -0.25) is 14.2 Å². The fourth-order valence-electron chi connectivity index (χ4n) is 4.67. The molecule has 0 spiro atoms. The summed E-state index contributed by atoms with van der Waals surface area (Å²) >= 11 is 0. The number of anilines is 1. The standard InChI is InChI=1S/C28H28N4O2/c1-19-4-10-26(20(2)16-19)32-18-29-25-17-23(7-11-27(25)32)28(34)31-14-12-30(13-15-31)24-8-5-22(6-9-24)21(3)33/h4-11,16-18H,12-15H2,1-3H3. The SMILES string of the molecule is CC(=O)c1ccc(N2CCN(C(=O)c3ccc4c(c3)ncn4-c3ccc(C)cc3C)CC2)cc1. The second kappa shape index (κ2) is 8.78. The smallest absolute Gasteiger partial charge is 0.254 e. The maximum absolute atomic E-state index is 13.2.